The third-order valence-corrected chi connectivity index (χ3v) is 4.42. The van der Waals surface area contributed by atoms with Gasteiger partial charge in [-0.1, -0.05) is 24.3 Å². The highest BCUT2D eigenvalue weighted by molar-refractivity contribution is 6.06. The molecule has 0 spiro atoms. The van der Waals surface area contributed by atoms with Crippen molar-refractivity contribution in [1.29, 1.82) is 0 Å². The quantitative estimate of drug-likeness (QED) is 0.318. The largest absolute Gasteiger partial charge is 0.506 e. The van der Waals surface area contributed by atoms with Crippen molar-refractivity contribution in [3.63, 3.8) is 0 Å². The number of hydrogen-bond acceptors (Lipinski definition) is 7. The van der Waals surface area contributed by atoms with Crippen molar-refractivity contribution < 1.29 is 29.1 Å². The van der Waals surface area contributed by atoms with Crippen LogP contribution in [0.2, 0.25) is 0 Å². The molecule has 0 aromatic heterocycles. The van der Waals surface area contributed by atoms with Gasteiger partial charge in [-0.3, -0.25) is 19.7 Å². The molecule has 3 rings (SSSR count). The molecule has 0 saturated heterocycles. The first-order valence-corrected chi connectivity index (χ1v) is 9.51. The van der Waals surface area contributed by atoms with E-state index >= 15 is 0 Å². The van der Waals surface area contributed by atoms with E-state index in [1.807, 2.05) is 0 Å². The number of nitrogens with zero attached hydrogens (tertiary/aromatic N) is 1. The van der Waals surface area contributed by atoms with E-state index in [9.17, 15) is 24.8 Å². The minimum atomic E-state index is -0.582. The van der Waals surface area contributed by atoms with E-state index in [0.29, 0.717) is 16.5 Å². The second-order valence-electron chi connectivity index (χ2n) is 6.48. The van der Waals surface area contributed by atoms with Crippen LogP contribution in [0.1, 0.15) is 23.7 Å². The van der Waals surface area contributed by atoms with Crippen molar-refractivity contribution in [3.05, 3.63) is 70.3 Å². The Kier molecular flexibility index (Phi) is 6.66. The third-order valence-electron chi connectivity index (χ3n) is 4.42. The number of fused-ring (bicyclic) bond motifs is 1. The van der Waals surface area contributed by atoms with E-state index in [1.165, 1.54) is 30.3 Å². The van der Waals surface area contributed by atoms with Gasteiger partial charge in [0, 0.05) is 29.4 Å². The van der Waals surface area contributed by atoms with Gasteiger partial charge in [-0.2, -0.15) is 0 Å². The summed E-state index contributed by atoms with van der Waals surface area (Å²) in [6.07, 6.45) is 0.0000747. The molecule has 0 saturated carbocycles. The van der Waals surface area contributed by atoms with Crippen molar-refractivity contribution >= 4 is 28.3 Å². The lowest BCUT2D eigenvalue weighted by molar-refractivity contribution is -0.384. The standard InChI is InChI=1S/C22H20N2O7/c1-2-30-20(25)11-12-23-22(27)18-13-19(16-5-3-4-6-17(16)21(18)26)31-15-9-7-14(8-10-15)24(28)29/h3-10,13,26H,2,11-12H2,1H3,(H,23,27). The van der Waals surface area contributed by atoms with Crippen LogP contribution in [0, 0.1) is 10.1 Å². The number of phenolic OH excluding ortho intramolecular Hbond substituents is 1. The fraction of sp³-hybridized carbons (Fsp3) is 0.182. The lowest BCUT2D eigenvalue weighted by atomic mass is 10.0. The second-order valence-corrected chi connectivity index (χ2v) is 6.48. The number of nitro benzene ring substituents is 1. The van der Waals surface area contributed by atoms with E-state index in [1.54, 1.807) is 31.2 Å². The number of hydrogen-bond donors (Lipinski definition) is 2. The highest BCUT2D eigenvalue weighted by atomic mass is 16.6. The molecule has 0 bridgehead atoms. The molecule has 31 heavy (non-hydrogen) atoms. The molecule has 1 amide bonds. The zero-order valence-electron chi connectivity index (χ0n) is 16.7. The summed E-state index contributed by atoms with van der Waals surface area (Å²) in [7, 11) is 0. The van der Waals surface area contributed by atoms with Gasteiger partial charge in [-0.25, -0.2) is 0 Å². The molecule has 9 heteroatoms. The summed E-state index contributed by atoms with van der Waals surface area (Å²) >= 11 is 0. The topological polar surface area (TPSA) is 128 Å². The first-order chi connectivity index (χ1) is 14.9. The van der Waals surface area contributed by atoms with Gasteiger partial charge in [-0.15, -0.1) is 0 Å². The number of rotatable bonds is 8. The van der Waals surface area contributed by atoms with Crippen molar-refractivity contribution in [2.45, 2.75) is 13.3 Å². The maximum atomic E-state index is 12.6. The highest BCUT2D eigenvalue weighted by Crippen LogP contribution is 2.38. The van der Waals surface area contributed by atoms with Gasteiger partial charge in [0.15, 0.2) is 0 Å². The smallest absolute Gasteiger partial charge is 0.307 e. The molecule has 0 aliphatic heterocycles. The fourth-order valence-electron chi connectivity index (χ4n) is 2.95. The minimum Gasteiger partial charge on any atom is -0.506 e. The van der Waals surface area contributed by atoms with Crippen molar-refractivity contribution in [2.75, 3.05) is 13.2 Å². The summed E-state index contributed by atoms with van der Waals surface area (Å²) in [5, 5.41) is 25.0. The summed E-state index contributed by atoms with van der Waals surface area (Å²) in [5.74, 6) is -0.623. The van der Waals surface area contributed by atoms with Crippen LogP contribution in [0.3, 0.4) is 0 Å². The van der Waals surface area contributed by atoms with E-state index in [-0.39, 0.29) is 42.3 Å². The van der Waals surface area contributed by atoms with E-state index in [2.05, 4.69) is 5.32 Å². The Bertz CT molecular complexity index is 1130. The Morgan fingerprint density at radius 1 is 1.10 bits per heavy atom. The monoisotopic (exact) mass is 424 g/mol. The van der Waals surface area contributed by atoms with Gasteiger partial charge in [0.1, 0.15) is 17.2 Å². The Morgan fingerprint density at radius 3 is 2.42 bits per heavy atom. The fourth-order valence-corrected chi connectivity index (χ4v) is 2.95. The average Bonchev–Trinajstić information content (AvgIpc) is 2.76. The summed E-state index contributed by atoms with van der Waals surface area (Å²) < 4.78 is 10.7. The van der Waals surface area contributed by atoms with Gasteiger partial charge in [0.05, 0.1) is 23.5 Å². The van der Waals surface area contributed by atoms with Crippen LogP contribution in [0.5, 0.6) is 17.2 Å². The van der Waals surface area contributed by atoms with Crippen molar-refractivity contribution in [2.24, 2.45) is 0 Å². The van der Waals surface area contributed by atoms with Crippen molar-refractivity contribution in [3.8, 4) is 17.2 Å². The molecule has 0 radical (unpaired) electrons. The Balaban J connectivity index is 1.89. The number of phenols is 1. The van der Waals surface area contributed by atoms with E-state index in [0.717, 1.165) is 0 Å². The van der Waals surface area contributed by atoms with E-state index < -0.39 is 16.8 Å². The van der Waals surface area contributed by atoms with Crippen LogP contribution in [0.25, 0.3) is 10.8 Å². The van der Waals surface area contributed by atoms with Crippen molar-refractivity contribution in [1.82, 2.24) is 5.32 Å². The van der Waals surface area contributed by atoms with Crippen LogP contribution in [0.4, 0.5) is 5.69 Å². The molecule has 0 aliphatic rings. The van der Waals surface area contributed by atoms with Gasteiger partial charge >= 0.3 is 5.97 Å². The predicted molar refractivity (Wildman–Crippen MR) is 112 cm³/mol. The number of nitrogens with one attached hydrogen (secondary N) is 1. The summed E-state index contributed by atoms with van der Waals surface area (Å²) in [4.78, 5) is 34.4. The van der Waals surface area contributed by atoms with Crippen LogP contribution >= 0.6 is 0 Å². The lowest BCUT2D eigenvalue weighted by Gasteiger charge is -2.14. The number of carbonyl (C=O) groups excluding carboxylic acids is 2. The Labute approximate surface area is 177 Å². The molecule has 0 heterocycles. The lowest BCUT2D eigenvalue weighted by Crippen LogP contribution is -2.26. The summed E-state index contributed by atoms with van der Waals surface area (Å²) in [5.41, 5.74) is -0.107. The number of esters is 1. The first-order valence-electron chi connectivity index (χ1n) is 9.51. The predicted octanol–water partition coefficient (Wildman–Crippen LogP) is 3.93. The number of nitro groups is 1. The zero-order valence-corrected chi connectivity index (χ0v) is 16.7. The molecular formula is C22H20N2O7. The molecule has 0 aliphatic carbocycles. The van der Waals surface area contributed by atoms with Crippen LogP contribution < -0.4 is 10.1 Å². The first kappa shape index (κ1) is 21.6. The molecule has 3 aromatic carbocycles. The average molecular weight is 424 g/mol. The molecule has 2 N–H and O–H groups in total. The molecule has 0 unspecified atom stereocenters. The molecular weight excluding hydrogens is 404 g/mol. The molecule has 3 aromatic rings. The molecule has 0 atom stereocenters. The third kappa shape index (κ3) is 5.08. The normalized spacial score (nSPS) is 10.5. The number of carbonyl (C=O) groups is 2. The highest BCUT2D eigenvalue weighted by Gasteiger charge is 2.19. The minimum absolute atomic E-state index is 0.0000747. The number of non-ortho nitro benzene ring substituents is 1. The van der Waals surface area contributed by atoms with Gasteiger partial charge in [0.2, 0.25) is 0 Å². The van der Waals surface area contributed by atoms with Gasteiger partial charge in [-0.05, 0) is 25.1 Å². The maximum absolute atomic E-state index is 12.6. The Hall–Kier alpha value is -4.14. The number of amides is 1. The van der Waals surface area contributed by atoms with E-state index in [4.69, 9.17) is 9.47 Å². The van der Waals surface area contributed by atoms with Crippen LogP contribution in [-0.4, -0.2) is 35.1 Å². The number of benzene rings is 3. The molecule has 160 valence electrons. The number of aromatic hydroxyl groups is 1. The maximum Gasteiger partial charge on any atom is 0.307 e. The second kappa shape index (κ2) is 9.57. The molecule has 0 fully saturated rings. The van der Waals surface area contributed by atoms with Gasteiger partial charge < -0.3 is 19.9 Å². The van der Waals surface area contributed by atoms with Gasteiger partial charge in [0.25, 0.3) is 11.6 Å². The van der Waals surface area contributed by atoms with Crippen LogP contribution in [-0.2, 0) is 9.53 Å². The Morgan fingerprint density at radius 2 is 1.77 bits per heavy atom. The van der Waals surface area contributed by atoms with Crippen LogP contribution in [0.15, 0.2) is 54.6 Å². The number of ether oxygens (including phenoxy) is 2. The molecule has 9 nitrogen and oxygen atoms in total. The summed E-state index contributed by atoms with van der Waals surface area (Å²) in [6.45, 7) is 1.99. The zero-order chi connectivity index (χ0) is 22.4. The SMILES string of the molecule is CCOC(=O)CCNC(=O)c1cc(Oc2ccc([N+](=O)[O-])cc2)c2ccccc2c1O. The summed E-state index contributed by atoms with van der Waals surface area (Å²) in [6, 6.07) is 13.7.